The summed E-state index contributed by atoms with van der Waals surface area (Å²) >= 11 is 0. The summed E-state index contributed by atoms with van der Waals surface area (Å²) in [5.41, 5.74) is 0.712. The molecule has 2 heterocycles. The Labute approximate surface area is 135 Å². The minimum Gasteiger partial charge on any atom is -0.441 e. The number of rotatable bonds is 5. The number of amides is 1. The van der Waals surface area contributed by atoms with Crippen molar-refractivity contribution in [2.24, 2.45) is 5.92 Å². The fourth-order valence-electron chi connectivity index (χ4n) is 3.19. The Kier molecular flexibility index (Phi) is 4.20. The monoisotopic (exact) mass is 318 g/mol. The third-order valence-electron chi connectivity index (χ3n) is 4.65. The SMILES string of the molecule is O=C(Nc1ccccc1)O[C@@H]1CO[C@H]2[C@@H]1OC[C@@H]2NCC1CC1. The van der Waals surface area contributed by atoms with Crippen LogP contribution < -0.4 is 10.6 Å². The summed E-state index contributed by atoms with van der Waals surface area (Å²) in [6, 6.07) is 9.46. The van der Waals surface area contributed by atoms with Gasteiger partial charge in [-0.05, 0) is 37.4 Å². The molecule has 1 aliphatic carbocycles. The van der Waals surface area contributed by atoms with Crippen LogP contribution in [0.4, 0.5) is 10.5 Å². The van der Waals surface area contributed by atoms with E-state index >= 15 is 0 Å². The summed E-state index contributed by atoms with van der Waals surface area (Å²) in [4.78, 5) is 12.0. The summed E-state index contributed by atoms with van der Waals surface area (Å²) in [6.45, 7) is 2.03. The lowest BCUT2D eigenvalue weighted by Crippen LogP contribution is -2.42. The van der Waals surface area contributed by atoms with E-state index in [0.717, 1.165) is 12.5 Å². The number of hydrogen-bond acceptors (Lipinski definition) is 5. The van der Waals surface area contributed by atoms with E-state index in [0.29, 0.717) is 18.9 Å². The van der Waals surface area contributed by atoms with Gasteiger partial charge in [-0.25, -0.2) is 4.79 Å². The first-order valence-electron chi connectivity index (χ1n) is 8.29. The van der Waals surface area contributed by atoms with Gasteiger partial charge in [0.15, 0.2) is 6.10 Å². The van der Waals surface area contributed by atoms with Crippen LogP contribution in [0.3, 0.4) is 0 Å². The second kappa shape index (κ2) is 6.47. The van der Waals surface area contributed by atoms with Crippen molar-refractivity contribution in [2.45, 2.75) is 37.2 Å². The van der Waals surface area contributed by atoms with E-state index in [1.54, 1.807) is 0 Å². The molecule has 1 aromatic rings. The molecule has 2 saturated heterocycles. The van der Waals surface area contributed by atoms with Crippen LogP contribution in [-0.4, -0.2) is 50.2 Å². The molecule has 0 unspecified atom stereocenters. The van der Waals surface area contributed by atoms with Crippen molar-refractivity contribution in [3.05, 3.63) is 30.3 Å². The number of para-hydroxylation sites is 1. The second-order valence-corrected chi connectivity index (χ2v) is 6.49. The van der Waals surface area contributed by atoms with Crippen molar-refractivity contribution >= 4 is 11.8 Å². The maximum atomic E-state index is 12.0. The predicted molar refractivity (Wildman–Crippen MR) is 84.3 cm³/mol. The molecule has 0 radical (unpaired) electrons. The zero-order chi connectivity index (χ0) is 15.6. The average Bonchev–Trinajstić information content (AvgIpc) is 3.17. The molecule has 1 aromatic carbocycles. The smallest absolute Gasteiger partial charge is 0.412 e. The number of fused-ring (bicyclic) bond motifs is 1. The number of nitrogens with one attached hydrogen (secondary N) is 2. The van der Waals surface area contributed by atoms with Gasteiger partial charge in [0.05, 0.1) is 19.3 Å². The lowest BCUT2D eigenvalue weighted by Gasteiger charge is -2.18. The summed E-state index contributed by atoms with van der Waals surface area (Å²) < 4.78 is 17.1. The molecule has 3 aliphatic rings. The topological polar surface area (TPSA) is 68.8 Å². The number of hydrogen-bond donors (Lipinski definition) is 2. The van der Waals surface area contributed by atoms with Gasteiger partial charge >= 0.3 is 6.09 Å². The number of benzene rings is 1. The molecule has 2 N–H and O–H groups in total. The van der Waals surface area contributed by atoms with E-state index in [9.17, 15) is 4.79 Å². The maximum Gasteiger partial charge on any atom is 0.412 e. The van der Waals surface area contributed by atoms with Gasteiger partial charge in [0.1, 0.15) is 12.2 Å². The van der Waals surface area contributed by atoms with Crippen LogP contribution >= 0.6 is 0 Å². The van der Waals surface area contributed by atoms with E-state index in [4.69, 9.17) is 14.2 Å². The van der Waals surface area contributed by atoms with Crippen LogP contribution in [0.2, 0.25) is 0 Å². The molecule has 2 aliphatic heterocycles. The molecular formula is C17H22N2O4. The third-order valence-corrected chi connectivity index (χ3v) is 4.65. The Morgan fingerprint density at radius 2 is 1.91 bits per heavy atom. The van der Waals surface area contributed by atoms with Gasteiger partial charge in [0.25, 0.3) is 0 Å². The molecule has 124 valence electrons. The predicted octanol–water partition coefficient (Wildman–Crippen LogP) is 1.77. The summed E-state index contributed by atoms with van der Waals surface area (Å²) in [7, 11) is 0. The second-order valence-electron chi connectivity index (χ2n) is 6.49. The zero-order valence-corrected chi connectivity index (χ0v) is 12.9. The number of anilines is 1. The van der Waals surface area contributed by atoms with E-state index < -0.39 is 6.09 Å². The summed E-state index contributed by atoms with van der Waals surface area (Å²) in [5.74, 6) is 0.819. The van der Waals surface area contributed by atoms with Crippen LogP contribution in [0.1, 0.15) is 12.8 Å². The zero-order valence-electron chi connectivity index (χ0n) is 12.9. The van der Waals surface area contributed by atoms with Crippen LogP contribution in [0, 0.1) is 5.92 Å². The normalized spacial score (nSPS) is 32.5. The molecule has 0 bridgehead atoms. The third kappa shape index (κ3) is 3.49. The van der Waals surface area contributed by atoms with Gasteiger partial charge in [-0.3, -0.25) is 5.32 Å². The first kappa shape index (κ1) is 14.9. The highest BCUT2D eigenvalue weighted by atomic mass is 16.6. The van der Waals surface area contributed by atoms with Crippen molar-refractivity contribution in [1.82, 2.24) is 5.32 Å². The largest absolute Gasteiger partial charge is 0.441 e. The van der Waals surface area contributed by atoms with E-state index in [-0.39, 0.29) is 24.4 Å². The summed E-state index contributed by atoms with van der Waals surface area (Å²) in [5, 5.41) is 6.24. The van der Waals surface area contributed by atoms with E-state index in [2.05, 4.69) is 10.6 Å². The van der Waals surface area contributed by atoms with Gasteiger partial charge < -0.3 is 19.5 Å². The number of ether oxygens (including phenoxy) is 3. The van der Waals surface area contributed by atoms with Crippen molar-refractivity contribution in [3.8, 4) is 0 Å². The molecule has 1 amide bonds. The molecular weight excluding hydrogens is 296 g/mol. The standard InChI is InChI=1S/C17H22N2O4/c20-17(19-12-4-2-1-3-5-12)23-14-10-22-15-13(9-21-16(14)15)18-8-11-6-7-11/h1-5,11,13-16,18H,6-10H2,(H,19,20)/t13-,14+,15+,16+/m0/s1. The highest BCUT2D eigenvalue weighted by Gasteiger charge is 2.49. The number of carbonyl (C=O) groups is 1. The molecule has 0 spiro atoms. The highest BCUT2D eigenvalue weighted by molar-refractivity contribution is 5.84. The fourth-order valence-corrected chi connectivity index (χ4v) is 3.19. The molecule has 0 aromatic heterocycles. The molecule has 6 heteroatoms. The van der Waals surface area contributed by atoms with Gasteiger partial charge in [-0.1, -0.05) is 18.2 Å². The van der Waals surface area contributed by atoms with Crippen LogP contribution in [0.5, 0.6) is 0 Å². The molecule has 4 rings (SSSR count). The highest BCUT2D eigenvalue weighted by Crippen LogP contribution is 2.31. The van der Waals surface area contributed by atoms with E-state index in [1.165, 1.54) is 12.8 Å². The molecule has 23 heavy (non-hydrogen) atoms. The molecule has 4 atom stereocenters. The van der Waals surface area contributed by atoms with Gasteiger partial charge in [-0.2, -0.15) is 0 Å². The van der Waals surface area contributed by atoms with Crippen LogP contribution in [0.25, 0.3) is 0 Å². The average molecular weight is 318 g/mol. The van der Waals surface area contributed by atoms with Crippen LogP contribution in [-0.2, 0) is 14.2 Å². The lowest BCUT2D eigenvalue weighted by atomic mass is 10.1. The van der Waals surface area contributed by atoms with Crippen molar-refractivity contribution in [3.63, 3.8) is 0 Å². The van der Waals surface area contributed by atoms with Gasteiger partial charge in [0.2, 0.25) is 0 Å². The first-order valence-corrected chi connectivity index (χ1v) is 8.29. The van der Waals surface area contributed by atoms with Gasteiger partial charge in [0, 0.05) is 5.69 Å². The Bertz CT molecular complexity index is 549. The summed E-state index contributed by atoms with van der Waals surface area (Å²) in [6.07, 6.45) is 1.62. The molecule has 1 saturated carbocycles. The lowest BCUT2D eigenvalue weighted by molar-refractivity contribution is 0.00856. The minimum atomic E-state index is -0.469. The van der Waals surface area contributed by atoms with Gasteiger partial charge in [-0.15, -0.1) is 0 Å². The van der Waals surface area contributed by atoms with Crippen molar-refractivity contribution < 1.29 is 19.0 Å². The molecule has 6 nitrogen and oxygen atoms in total. The Balaban J connectivity index is 1.28. The van der Waals surface area contributed by atoms with Crippen LogP contribution in [0.15, 0.2) is 30.3 Å². The van der Waals surface area contributed by atoms with Crippen molar-refractivity contribution in [2.75, 3.05) is 25.1 Å². The van der Waals surface area contributed by atoms with Crippen molar-refractivity contribution in [1.29, 1.82) is 0 Å². The Morgan fingerprint density at radius 3 is 2.70 bits per heavy atom. The first-order chi connectivity index (χ1) is 11.3. The maximum absolute atomic E-state index is 12.0. The Morgan fingerprint density at radius 1 is 1.13 bits per heavy atom. The number of carbonyl (C=O) groups excluding carboxylic acids is 1. The minimum absolute atomic E-state index is 0.0247. The fraction of sp³-hybridized carbons (Fsp3) is 0.588. The quantitative estimate of drug-likeness (QED) is 0.866. The van der Waals surface area contributed by atoms with E-state index in [1.807, 2.05) is 30.3 Å². The molecule has 3 fully saturated rings. The Hall–Kier alpha value is -1.63.